The van der Waals surface area contributed by atoms with Crippen molar-refractivity contribution in [2.75, 3.05) is 25.1 Å². The van der Waals surface area contributed by atoms with Crippen LogP contribution in [0, 0.1) is 11.3 Å². The number of carbonyl (C=O) groups excluding carboxylic acids is 1. The van der Waals surface area contributed by atoms with Gasteiger partial charge < -0.3 is 20.1 Å². The van der Waals surface area contributed by atoms with E-state index in [1.807, 2.05) is 0 Å². The van der Waals surface area contributed by atoms with E-state index in [4.69, 9.17) is 21.1 Å². The number of anilines is 1. The molecule has 0 unspecified atom stereocenters. The van der Waals surface area contributed by atoms with Gasteiger partial charge in [-0.25, -0.2) is 0 Å². The summed E-state index contributed by atoms with van der Waals surface area (Å²) in [6.45, 7) is 1.31. The minimum Gasteiger partial charge on any atom is -0.489 e. The number of amides is 1. The molecule has 1 saturated heterocycles. The van der Waals surface area contributed by atoms with Crippen LogP contribution < -0.4 is 15.4 Å². The van der Waals surface area contributed by atoms with Crippen LogP contribution in [-0.2, 0) is 9.53 Å². The summed E-state index contributed by atoms with van der Waals surface area (Å²) in [6.07, 6.45) is 5.52. The van der Waals surface area contributed by atoms with Crippen molar-refractivity contribution in [3.8, 4) is 11.8 Å². The van der Waals surface area contributed by atoms with Gasteiger partial charge in [0.2, 0.25) is 5.91 Å². The highest BCUT2D eigenvalue weighted by Crippen LogP contribution is 2.30. The number of nitrogens with one attached hydrogen (secondary N) is 2. The number of hydrogen-bond donors (Lipinski definition) is 2. The zero-order valence-corrected chi connectivity index (χ0v) is 15.5. The highest BCUT2D eigenvalue weighted by atomic mass is 35.5. The predicted octanol–water partition coefficient (Wildman–Crippen LogP) is 3.26. The molecule has 2 aliphatic rings. The first-order valence-electron chi connectivity index (χ1n) is 9.10. The van der Waals surface area contributed by atoms with Gasteiger partial charge in [-0.1, -0.05) is 11.6 Å². The maximum atomic E-state index is 12.3. The molecule has 1 atom stereocenters. The second-order valence-electron chi connectivity index (χ2n) is 6.89. The first-order chi connectivity index (χ1) is 12.6. The molecule has 0 radical (unpaired) electrons. The monoisotopic (exact) mass is 377 g/mol. The molecule has 1 amide bonds. The van der Waals surface area contributed by atoms with E-state index in [9.17, 15) is 10.1 Å². The van der Waals surface area contributed by atoms with Crippen LogP contribution in [0.2, 0.25) is 5.02 Å². The molecule has 1 aromatic rings. The van der Waals surface area contributed by atoms with E-state index in [2.05, 4.69) is 16.7 Å². The van der Waals surface area contributed by atoms with Crippen molar-refractivity contribution in [1.29, 1.82) is 5.26 Å². The molecule has 140 valence electrons. The van der Waals surface area contributed by atoms with E-state index in [1.54, 1.807) is 18.2 Å². The van der Waals surface area contributed by atoms with Gasteiger partial charge in [0.15, 0.2) is 0 Å². The largest absolute Gasteiger partial charge is 0.489 e. The molecule has 1 aliphatic carbocycles. The van der Waals surface area contributed by atoms with Gasteiger partial charge in [-0.15, -0.1) is 0 Å². The first kappa shape index (κ1) is 18.8. The number of benzene rings is 1. The lowest BCUT2D eigenvalue weighted by Crippen LogP contribution is -2.47. The van der Waals surface area contributed by atoms with Crippen LogP contribution in [-0.4, -0.2) is 37.3 Å². The lowest BCUT2D eigenvalue weighted by Gasteiger charge is -2.22. The summed E-state index contributed by atoms with van der Waals surface area (Å²) in [7, 11) is 0. The Balaban J connectivity index is 1.56. The number of nitrogens with zero attached hydrogens (tertiary/aromatic N) is 1. The standard InChI is InChI=1S/C19H24ClN3O3/c20-14-5-6-17(26-12-15-4-3-9-25-15)16(10-14)22-11-18(24)23-19(13-21)7-1-2-8-19/h5-6,10,15,22H,1-4,7-9,11-12H2,(H,23,24)/t15-/m0/s1. The molecular formula is C19H24ClN3O3. The van der Waals surface area contributed by atoms with Crippen molar-refractivity contribution in [1.82, 2.24) is 5.32 Å². The summed E-state index contributed by atoms with van der Waals surface area (Å²) < 4.78 is 11.4. The third-order valence-electron chi connectivity index (χ3n) is 4.88. The molecule has 0 aromatic heterocycles. The van der Waals surface area contributed by atoms with Crippen LogP contribution in [0.15, 0.2) is 18.2 Å². The molecule has 1 heterocycles. The molecule has 1 saturated carbocycles. The maximum absolute atomic E-state index is 12.3. The SMILES string of the molecule is N#CC1(NC(=O)CNc2cc(Cl)ccc2OC[C@@H]2CCCO2)CCCC1. The molecule has 0 bridgehead atoms. The van der Waals surface area contributed by atoms with Gasteiger partial charge in [0.25, 0.3) is 0 Å². The maximum Gasteiger partial charge on any atom is 0.240 e. The summed E-state index contributed by atoms with van der Waals surface area (Å²) in [5.41, 5.74) is -0.0604. The Hall–Kier alpha value is -1.97. The fourth-order valence-electron chi connectivity index (χ4n) is 3.45. The molecule has 26 heavy (non-hydrogen) atoms. The molecule has 2 fully saturated rings. The predicted molar refractivity (Wildman–Crippen MR) is 99.4 cm³/mol. The Bertz CT molecular complexity index is 677. The van der Waals surface area contributed by atoms with Gasteiger partial charge >= 0.3 is 0 Å². The highest BCUT2D eigenvalue weighted by Gasteiger charge is 2.35. The lowest BCUT2D eigenvalue weighted by atomic mass is 10.00. The Kier molecular flexibility index (Phi) is 6.23. The molecule has 6 nitrogen and oxygen atoms in total. The number of hydrogen-bond acceptors (Lipinski definition) is 5. The Labute approximate surface area is 158 Å². The zero-order chi connectivity index (χ0) is 18.4. The van der Waals surface area contributed by atoms with Gasteiger partial charge in [0.05, 0.1) is 24.4 Å². The smallest absolute Gasteiger partial charge is 0.240 e. The van der Waals surface area contributed by atoms with Gasteiger partial charge in [-0.05, 0) is 56.7 Å². The van der Waals surface area contributed by atoms with E-state index >= 15 is 0 Å². The molecule has 1 aliphatic heterocycles. The van der Waals surface area contributed by atoms with Crippen molar-refractivity contribution in [3.05, 3.63) is 23.2 Å². The molecule has 7 heteroatoms. The average molecular weight is 378 g/mol. The molecule has 0 spiro atoms. The lowest BCUT2D eigenvalue weighted by molar-refractivity contribution is -0.120. The Morgan fingerprint density at radius 1 is 1.38 bits per heavy atom. The summed E-state index contributed by atoms with van der Waals surface area (Å²) >= 11 is 6.08. The molecular weight excluding hydrogens is 354 g/mol. The summed E-state index contributed by atoms with van der Waals surface area (Å²) in [5, 5.41) is 15.9. The van der Waals surface area contributed by atoms with E-state index in [0.717, 1.165) is 32.3 Å². The van der Waals surface area contributed by atoms with Crippen LogP contribution in [0.1, 0.15) is 38.5 Å². The fourth-order valence-corrected chi connectivity index (χ4v) is 3.63. The topological polar surface area (TPSA) is 83.4 Å². The first-order valence-corrected chi connectivity index (χ1v) is 9.48. The van der Waals surface area contributed by atoms with Crippen LogP contribution in [0.3, 0.4) is 0 Å². The number of nitriles is 1. The van der Waals surface area contributed by atoms with E-state index in [1.165, 1.54) is 0 Å². The molecule has 3 rings (SSSR count). The second kappa shape index (κ2) is 8.61. The van der Waals surface area contributed by atoms with Gasteiger partial charge in [0.1, 0.15) is 17.9 Å². The van der Waals surface area contributed by atoms with Crippen molar-refractivity contribution in [2.45, 2.75) is 50.2 Å². The Morgan fingerprint density at radius 3 is 2.88 bits per heavy atom. The number of carbonyl (C=O) groups is 1. The minimum absolute atomic E-state index is 0.0556. The second-order valence-corrected chi connectivity index (χ2v) is 7.33. The third kappa shape index (κ3) is 4.80. The zero-order valence-electron chi connectivity index (χ0n) is 14.7. The van der Waals surface area contributed by atoms with Crippen molar-refractivity contribution >= 4 is 23.2 Å². The van der Waals surface area contributed by atoms with Crippen molar-refractivity contribution in [2.24, 2.45) is 0 Å². The van der Waals surface area contributed by atoms with Crippen molar-refractivity contribution in [3.63, 3.8) is 0 Å². The highest BCUT2D eigenvalue weighted by molar-refractivity contribution is 6.30. The Morgan fingerprint density at radius 2 is 2.19 bits per heavy atom. The van der Waals surface area contributed by atoms with Gasteiger partial charge in [-0.3, -0.25) is 4.79 Å². The fraction of sp³-hybridized carbons (Fsp3) is 0.579. The van der Waals surface area contributed by atoms with Crippen LogP contribution in [0.5, 0.6) is 5.75 Å². The van der Waals surface area contributed by atoms with Gasteiger partial charge in [0, 0.05) is 11.6 Å². The summed E-state index contributed by atoms with van der Waals surface area (Å²) in [5.74, 6) is 0.423. The van der Waals surface area contributed by atoms with Gasteiger partial charge in [-0.2, -0.15) is 5.26 Å². The third-order valence-corrected chi connectivity index (χ3v) is 5.11. The summed E-state index contributed by atoms with van der Waals surface area (Å²) in [4.78, 5) is 12.3. The number of rotatable bonds is 7. The average Bonchev–Trinajstić information content (AvgIpc) is 3.31. The number of ether oxygens (including phenoxy) is 2. The van der Waals surface area contributed by atoms with Crippen LogP contribution in [0.25, 0.3) is 0 Å². The molecule has 1 aromatic carbocycles. The molecule has 2 N–H and O–H groups in total. The quantitative estimate of drug-likeness (QED) is 0.762. The van der Waals surface area contributed by atoms with E-state index < -0.39 is 5.54 Å². The van der Waals surface area contributed by atoms with E-state index in [0.29, 0.717) is 35.9 Å². The van der Waals surface area contributed by atoms with E-state index in [-0.39, 0.29) is 18.6 Å². The number of halogens is 1. The van der Waals surface area contributed by atoms with Crippen molar-refractivity contribution < 1.29 is 14.3 Å². The normalized spacial score (nSPS) is 21.2. The van der Waals surface area contributed by atoms with Crippen LogP contribution in [0.4, 0.5) is 5.69 Å². The van der Waals surface area contributed by atoms with Crippen LogP contribution >= 0.6 is 11.6 Å². The minimum atomic E-state index is -0.716. The summed E-state index contributed by atoms with van der Waals surface area (Å²) in [6, 6.07) is 7.52.